The number of rotatable bonds is 15. The van der Waals surface area contributed by atoms with Crippen molar-refractivity contribution in [1.29, 1.82) is 0 Å². The van der Waals surface area contributed by atoms with Gasteiger partial charge in [-0.25, -0.2) is 5.48 Å². The van der Waals surface area contributed by atoms with Crippen molar-refractivity contribution < 1.29 is 68.8 Å². The van der Waals surface area contributed by atoms with E-state index in [9.17, 15) is 35.1 Å². The summed E-state index contributed by atoms with van der Waals surface area (Å²) in [6.45, 7) is 18.8. The van der Waals surface area contributed by atoms with Gasteiger partial charge in [0, 0.05) is 63.2 Å². The van der Waals surface area contributed by atoms with Crippen molar-refractivity contribution in [3.63, 3.8) is 0 Å². The number of hydrogen-bond acceptors (Lipinski definition) is 19. The van der Waals surface area contributed by atoms with Gasteiger partial charge in [0.05, 0.1) is 48.7 Å². The number of methoxy groups -OCH3 is 1. The first-order chi connectivity index (χ1) is 34.0. The van der Waals surface area contributed by atoms with Crippen LogP contribution in [0.25, 0.3) is 11.3 Å². The van der Waals surface area contributed by atoms with Crippen LogP contribution in [-0.2, 0) is 51.1 Å². The maximum atomic E-state index is 14.6. The molecule has 0 spiro atoms. The second-order valence-electron chi connectivity index (χ2n) is 22.5. The van der Waals surface area contributed by atoms with Crippen molar-refractivity contribution in [3.8, 4) is 11.3 Å². The summed E-state index contributed by atoms with van der Waals surface area (Å²) in [5, 5.41) is 78.0. The van der Waals surface area contributed by atoms with Gasteiger partial charge in [-0.1, -0.05) is 50.3 Å². The van der Waals surface area contributed by atoms with Crippen molar-refractivity contribution >= 4 is 11.9 Å². The zero-order valence-corrected chi connectivity index (χ0v) is 46.0. The molecule has 1 aromatic carbocycles. The van der Waals surface area contributed by atoms with Crippen molar-refractivity contribution in [2.45, 2.75) is 204 Å². The number of aromatic nitrogens is 3. The number of nitrogens with zero attached hydrogens (tertiary/aromatic N) is 6. The van der Waals surface area contributed by atoms with Gasteiger partial charge in [-0.3, -0.25) is 24.4 Å². The van der Waals surface area contributed by atoms with Crippen molar-refractivity contribution in [2.24, 2.45) is 17.8 Å². The van der Waals surface area contributed by atoms with Crippen LogP contribution in [0.2, 0.25) is 0 Å². The number of benzene rings is 1. The number of aliphatic hydroxyl groups excluding tert-OH is 2. The maximum absolute atomic E-state index is 14.6. The smallest absolute Gasteiger partial charge is 0.311 e. The summed E-state index contributed by atoms with van der Waals surface area (Å²) in [4.78, 5) is 31.9. The topological polar surface area (TPSA) is 263 Å². The number of esters is 1. The molecule has 73 heavy (non-hydrogen) atoms. The van der Waals surface area contributed by atoms with E-state index in [0.717, 1.165) is 11.1 Å². The molecule has 416 valence electrons. The fourth-order valence-electron chi connectivity index (χ4n) is 11.5. The molecule has 0 saturated carbocycles. The van der Waals surface area contributed by atoms with Crippen LogP contribution in [0.15, 0.2) is 30.5 Å². The number of aryl methyl sites for hydroxylation is 1. The zero-order valence-electron chi connectivity index (χ0n) is 46.0. The van der Waals surface area contributed by atoms with E-state index in [4.69, 9.17) is 33.6 Å². The monoisotopic (exact) mass is 1040 g/mol. The quantitative estimate of drug-likeness (QED) is 0.0768. The fourth-order valence-corrected chi connectivity index (χ4v) is 11.5. The second kappa shape index (κ2) is 24.8. The Bertz CT molecular complexity index is 2080. The summed E-state index contributed by atoms with van der Waals surface area (Å²) in [6.07, 6.45) is -6.51. The third-order valence-electron chi connectivity index (χ3n) is 16.1. The van der Waals surface area contributed by atoms with Crippen molar-refractivity contribution in [3.05, 3.63) is 36.0 Å². The van der Waals surface area contributed by atoms with E-state index in [1.807, 2.05) is 87.9 Å². The standard InChI is InChI=1S/C52H89N7O14/c1-16-40-51(10,65)45(62)34(6)58(14)26-30(2)24-49(8,64)46(73-48-43(61)39(56(11)12)23-31(3)69-48)32(4)44(33(5)47(63)71-40)72-42-25-50(9,68-15)52(66,35(7)70-42)29-57(13)27-36-17-19-37(20-18-36)38-28-59(55-53-38)22-21-41(60)54-67/h17-20,28,30-35,39-40,42-46,48,61-62,64-67H,16,21-27,29H2,1-15H3,(H,54,60)/t30-,31-,32-,33-,34-,35+,39+,40+,42+,43-,44+,45-,46-,48+,49-,50-,51-,52+/m1/s1. The van der Waals surface area contributed by atoms with Crippen molar-refractivity contribution in [2.75, 3.05) is 48.4 Å². The molecule has 0 radical (unpaired) electrons. The maximum Gasteiger partial charge on any atom is 0.311 e. The normalized spacial score (nSPS) is 39.7. The summed E-state index contributed by atoms with van der Waals surface area (Å²) in [5.74, 6) is -3.37. The molecular formula is C52H89N7O14. The molecule has 2 aromatic rings. The van der Waals surface area contributed by atoms with E-state index in [1.165, 1.54) is 18.7 Å². The van der Waals surface area contributed by atoms with Gasteiger partial charge < -0.3 is 63.8 Å². The Morgan fingerprint density at radius 3 is 2.23 bits per heavy atom. The summed E-state index contributed by atoms with van der Waals surface area (Å²) >= 11 is 0. The first-order valence-corrected chi connectivity index (χ1v) is 25.9. The van der Waals surface area contributed by atoms with Gasteiger partial charge >= 0.3 is 5.97 Å². The lowest BCUT2D eigenvalue weighted by Gasteiger charge is -2.54. The molecule has 21 heteroatoms. The predicted octanol–water partition coefficient (Wildman–Crippen LogP) is 2.56. The van der Waals surface area contributed by atoms with E-state index in [0.29, 0.717) is 25.2 Å². The number of hydroxylamine groups is 1. The third kappa shape index (κ3) is 14.0. The molecular weight excluding hydrogens is 947 g/mol. The number of nitrogens with one attached hydrogen (secondary N) is 1. The number of carbonyl (C=O) groups excluding carboxylic acids is 2. The summed E-state index contributed by atoms with van der Waals surface area (Å²) in [5.41, 5.74) is -2.36. The number of amides is 1. The molecule has 3 aliphatic rings. The molecule has 21 nitrogen and oxygen atoms in total. The molecule has 1 amide bonds. The molecule has 0 bridgehead atoms. The fraction of sp³-hybridized carbons (Fsp3) is 0.808. The van der Waals surface area contributed by atoms with Gasteiger partial charge in [0.15, 0.2) is 12.6 Å². The largest absolute Gasteiger partial charge is 0.459 e. The highest BCUT2D eigenvalue weighted by atomic mass is 16.7. The summed E-state index contributed by atoms with van der Waals surface area (Å²) in [6, 6.07) is 6.85. The van der Waals surface area contributed by atoms with Crippen LogP contribution in [0, 0.1) is 17.8 Å². The number of ether oxygens (including phenoxy) is 6. The van der Waals surface area contributed by atoms with Crippen LogP contribution in [0.1, 0.15) is 107 Å². The van der Waals surface area contributed by atoms with Gasteiger partial charge in [0.1, 0.15) is 40.8 Å². The minimum atomic E-state index is -1.86. The van der Waals surface area contributed by atoms with Crippen molar-refractivity contribution in [1.82, 2.24) is 35.2 Å². The number of likely N-dealkylation sites (N-methyl/N-ethyl adjacent to an activating group) is 3. The molecule has 1 aromatic heterocycles. The molecule has 4 heterocycles. The molecule has 18 atom stereocenters. The number of aliphatic hydroxyl groups is 5. The van der Waals surface area contributed by atoms with E-state index >= 15 is 0 Å². The Morgan fingerprint density at radius 1 is 0.973 bits per heavy atom. The highest BCUT2D eigenvalue weighted by Gasteiger charge is 2.59. The Morgan fingerprint density at radius 2 is 1.63 bits per heavy atom. The molecule has 5 rings (SSSR count). The Hall–Kier alpha value is -3.26. The van der Waals surface area contributed by atoms with Crippen LogP contribution in [0.5, 0.6) is 0 Å². The van der Waals surface area contributed by atoms with Gasteiger partial charge in [0.2, 0.25) is 5.91 Å². The van der Waals surface area contributed by atoms with E-state index in [-0.39, 0.29) is 56.8 Å². The molecule has 3 saturated heterocycles. The Labute approximate surface area is 432 Å². The minimum Gasteiger partial charge on any atom is -0.459 e. The SMILES string of the molecule is CC[C@@H]1OC(=O)[C@H](C)[C@@H](O[C@H]2C[C@@](C)(OC)[C@](O)(CN(C)Cc3ccc(-c4cn(CCC(=O)NO)nn4)cc3)[C@H](C)O2)[C@@H](C)[C@@H](O[C@@H]2O[C@H](C)C[C@H](N(C)C)[C@H]2O)[C@](C)(O)C[C@@H](C)CN(C)[C@H](C)[C@@H](O)[C@]1(C)O. The molecule has 0 aliphatic carbocycles. The number of cyclic esters (lactones) is 1. The lowest BCUT2D eigenvalue weighted by atomic mass is 9.75. The van der Waals surface area contributed by atoms with Crippen LogP contribution in [0.4, 0.5) is 0 Å². The summed E-state index contributed by atoms with van der Waals surface area (Å²) in [7, 11) is 9.00. The summed E-state index contributed by atoms with van der Waals surface area (Å²) < 4.78 is 40.6. The highest BCUT2D eigenvalue weighted by Crippen LogP contribution is 2.44. The van der Waals surface area contributed by atoms with Gasteiger partial charge in [0.25, 0.3) is 0 Å². The van der Waals surface area contributed by atoms with Gasteiger partial charge in [-0.15, -0.1) is 5.10 Å². The number of carbonyl (C=O) groups is 2. The zero-order chi connectivity index (χ0) is 54.5. The average molecular weight is 1040 g/mol. The first-order valence-electron chi connectivity index (χ1n) is 25.9. The van der Waals surface area contributed by atoms with Gasteiger partial charge in [-0.2, -0.15) is 0 Å². The molecule has 0 unspecified atom stereocenters. The average Bonchev–Trinajstić information content (AvgIpc) is 3.81. The van der Waals surface area contributed by atoms with E-state index in [1.54, 1.807) is 53.2 Å². The molecule has 7 N–H and O–H groups in total. The second-order valence-corrected chi connectivity index (χ2v) is 22.5. The lowest BCUT2D eigenvalue weighted by Crippen LogP contribution is -2.70. The van der Waals surface area contributed by atoms with Crippen LogP contribution in [-0.4, -0.2) is 210 Å². The number of hydrogen-bond donors (Lipinski definition) is 7. The van der Waals surface area contributed by atoms with Crippen LogP contribution < -0.4 is 5.48 Å². The van der Waals surface area contributed by atoms with Crippen LogP contribution in [0.3, 0.4) is 0 Å². The predicted molar refractivity (Wildman–Crippen MR) is 269 cm³/mol. The van der Waals surface area contributed by atoms with Gasteiger partial charge in [-0.05, 0) is 107 Å². The Kier molecular flexibility index (Phi) is 20.6. The molecule has 3 fully saturated rings. The highest BCUT2D eigenvalue weighted by molar-refractivity contribution is 5.74. The van der Waals surface area contributed by atoms with E-state index in [2.05, 4.69) is 10.3 Å². The van der Waals surface area contributed by atoms with E-state index < -0.39 is 101 Å². The minimum absolute atomic E-state index is 0.0113. The first kappa shape index (κ1) is 60.6. The lowest BCUT2D eigenvalue weighted by molar-refractivity contribution is -0.339. The molecule has 3 aliphatic heterocycles. The van der Waals surface area contributed by atoms with Crippen LogP contribution >= 0.6 is 0 Å². The third-order valence-corrected chi connectivity index (χ3v) is 16.1. The Balaban J connectivity index is 1.45.